The average Bonchev–Trinajstić information content (AvgIpc) is 2.26. The quantitative estimate of drug-likeness (QED) is 0.649. The first-order valence-corrected chi connectivity index (χ1v) is 5.84. The number of methoxy groups -OCH3 is 1. The van der Waals surface area contributed by atoms with Crippen LogP contribution < -0.4 is 0 Å². The van der Waals surface area contributed by atoms with Crippen LogP contribution in [0.25, 0.3) is 0 Å². The highest BCUT2D eigenvalue weighted by molar-refractivity contribution is 5.69. The average molecular weight is 198 g/mol. The number of esters is 1. The Kier molecular flexibility index (Phi) is 4.99. The Morgan fingerprint density at radius 1 is 1.36 bits per heavy atom. The van der Waals surface area contributed by atoms with Crippen LogP contribution >= 0.6 is 0 Å². The molecule has 14 heavy (non-hydrogen) atoms. The topological polar surface area (TPSA) is 26.3 Å². The van der Waals surface area contributed by atoms with Gasteiger partial charge in [-0.25, -0.2) is 0 Å². The van der Waals surface area contributed by atoms with Crippen molar-refractivity contribution in [1.82, 2.24) is 0 Å². The van der Waals surface area contributed by atoms with E-state index in [0.29, 0.717) is 12.3 Å². The lowest BCUT2D eigenvalue weighted by molar-refractivity contribution is -0.142. The number of hydrogen-bond acceptors (Lipinski definition) is 2. The fraction of sp³-hybridized carbons (Fsp3) is 0.917. The van der Waals surface area contributed by atoms with Crippen molar-refractivity contribution in [3.8, 4) is 0 Å². The van der Waals surface area contributed by atoms with Crippen molar-refractivity contribution in [3.63, 3.8) is 0 Å². The van der Waals surface area contributed by atoms with Gasteiger partial charge < -0.3 is 4.74 Å². The van der Waals surface area contributed by atoms with Crippen LogP contribution in [0.15, 0.2) is 0 Å². The third kappa shape index (κ3) is 3.32. The predicted molar refractivity (Wildman–Crippen MR) is 57.0 cm³/mol. The van der Waals surface area contributed by atoms with Crippen molar-refractivity contribution in [3.05, 3.63) is 0 Å². The third-order valence-electron chi connectivity index (χ3n) is 3.50. The highest BCUT2D eigenvalue weighted by Gasteiger charge is 2.24. The Labute approximate surface area is 87.0 Å². The number of rotatable bonds is 4. The first-order valence-electron chi connectivity index (χ1n) is 5.84. The van der Waals surface area contributed by atoms with Gasteiger partial charge in [-0.2, -0.15) is 0 Å². The lowest BCUT2D eigenvalue weighted by Crippen LogP contribution is -2.20. The summed E-state index contributed by atoms with van der Waals surface area (Å²) >= 11 is 0. The maximum absolute atomic E-state index is 11.2. The molecule has 82 valence electrons. The minimum absolute atomic E-state index is 0.0394. The predicted octanol–water partition coefficient (Wildman–Crippen LogP) is 3.16. The number of hydrogen-bond donors (Lipinski definition) is 0. The smallest absolute Gasteiger partial charge is 0.305 e. The summed E-state index contributed by atoms with van der Waals surface area (Å²) in [6.07, 6.45) is 8.44. The van der Waals surface area contributed by atoms with Gasteiger partial charge in [0.05, 0.1) is 7.11 Å². The van der Waals surface area contributed by atoms with Gasteiger partial charge >= 0.3 is 5.97 Å². The van der Waals surface area contributed by atoms with Crippen LogP contribution in [0.1, 0.15) is 51.9 Å². The Morgan fingerprint density at radius 3 is 2.50 bits per heavy atom. The van der Waals surface area contributed by atoms with E-state index in [1.54, 1.807) is 0 Å². The molecule has 0 unspecified atom stereocenters. The van der Waals surface area contributed by atoms with E-state index in [1.807, 2.05) is 0 Å². The second kappa shape index (κ2) is 6.05. The molecule has 1 rings (SSSR count). The molecule has 1 saturated carbocycles. The zero-order chi connectivity index (χ0) is 10.4. The van der Waals surface area contributed by atoms with Crippen LogP contribution in [-0.4, -0.2) is 13.1 Å². The van der Waals surface area contributed by atoms with Gasteiger partial charge in [0.2, 0.25) is 0 Å². The van der Waals surface area contributed by atoms with E-state index in [1.165, 1.54) is 39.2 Å². The molecule has 0 aromatic rings. The molecule has 1 aliphatic rings. The van der Waals surface area contributed by atoms with Gasteiger partial charge in [0.15, 0.2) is 0 Å². The molecule has 2 heteroatoms. The number of ether oxygens (including phenoxy) is 1. The van der Waals surface area contributed by atoms with Crippen LogP contribution in [0.5, 0.6) is 0 Å². The Balaban J connectivity index is 2.39. The monoisotopic (exact) mass is 198 g/mol. The molecule has 0 N–H and O–H groups in total. The van der Waals surface area contributed by atoms with Gasteiger partial charge in [-0.3, -0.25) is 4.79 Å². The third-order valence-corrected chi connectivity index (χ3v) is 3.50. The second-order valence-corrected chi connectivity index (χ2v) is 4.35. The Bertz CT molecular complexity index is 171. The van der Waals surface area contributed by atoms with Gasteiger partial charge in [0.25, 0.3) is 0 Å². The largest absolute Gasteiger partial charge is 0.469 e. The molecular weight excluding hydrogens is 176 g/mol. The van der Waals surface area contributed by atoms with E-state index in [9.17, 15) is 4.79 Å². The summed E-state index contributed by atoms with van der Waals surface area (Å²) in [6.45, 7) is 2.18. The zero-order valence-corrected chi connectivity index (χ0v) is 9.42. The fourth-order valence-corrected chi connectivity index (χ4v) is 2.55. The summed E-state index contributed by atoms with van der Waals surface area (Å²) < 4.78 is 4.73. The molecule has 1 atom stereocenters. The van der Waals surface area contributed by atoms with Crippen LogP contribution in [0, 0.1) is 11.8 Å². The molecule has 0 saturated heterocycles. The summed E-state index contributed by atoms with van der Waals surface area (Å²) in [5.74, 6) is 1.29. The molecule has 0 aromatic heterocycles. The minimum Gasteiger partial charge on any atom is -0.469 e. The van der Waals surface area contributed by atoms with Crippen molar-refractivity contribution in [2.75, 3.05) is 7.11 Å². The van der Waals surface area contributed by atoms with E-state index in [-0.39, 0.29) is 5.97 Å². The van der Waals surface area contributed by atoms with Crippen LogP contribution in [0.4, 0.5) is 0 Å². The summed E-state index contributed by atoms with van der Waals surface area (Å²) in [6, 6.07) is 0. The van der Waals surface area contributed by atoms with Crippen molar-refractivity contribution >= 4 is 5.97 Å². The van der Waals surface area contributed by atoms with Crippen molar-refractivity contribution in [1.29, 1.82) is 0 Å². The van der Waals surface area contributed by atoms with E-state index in [4.69, 9.17) is 4.74 Å². The van der Waals surface area contributed by atoms with Crippen molar-refractivity contribution < 1.29 is 9.53 Å². The Morgan fingerprint density at radius 2 is 2.00 bits per heavy atom. The Hall–Kier alpha value is -0.530. The minimum atomic E-state index is -0.0394. The molecule has 0 aliphatic heterocycles. The van der Waals surface area contributed by atoms with Crippen LogP contribution in [0.2, 0.25) is 0 Å². The summed E-state index contributed by atoms with van der Waals surface area (Å²) in [4.78, 5) is 11.2. The van der Waals surface area contributed by atoms with Gasteiger partial charge in [-0.1, -0.05) is 45.4 Å². The highest BCUT2D eigenvalue weighted by Crippen LogP contribution is 2.33. The summed E-state index contributed by atoms with van der Waals surface area (Å²) in [7, 11) is 1.48. The molecular formula is C12H22O2. The van der Waals surface area contributed by atoms with Gasteiger partial charge in [-0.05, 0) is 11.8 Å². The van der Waals surface area contributed by atoms with Crippen LogP contribution in [0.3, 0.4) is 0 Å². The maximum Gasteiger partial charge on any atom is 0.305 e. The summed E-state index contributed by atoms with van der Waals surface area (Å²) in [5.41, 5.74) is 0. The molecule has 0 amide bonds. The molecule has 0 aromatic carbocycles. The molecule has 0 spiro atoms. The number of carbonyl (C=O) groups is 1. The highest BCUT2D eigenvalue weighted by atomic mass is 16.5. The fourth-order valence-electron chi connectivity index (χ4n) is 2.55. The van der Waals surface area contributed by atoms with Crippen molar-refractivity contribution in [2.24, 2.45) is 11.8 Å². The van der Waals surface area contributed by atoms with Crippen LogP contribution in [-0.2, 0) is 9.53 Å². The van der Waals surface area contributed by atoms with Crippen molar-refractivity contribution in [2.45, 2.75) is 51.9 Å². The maximum atomic E-state index is 11.2. The lowest BCUT2D eigenvalue weighted by atomic mass is 9.77. The molecule has 2 nitrogen and oxygen atoms in total. The van der Waals surface area contributed by atoms with E-state index >= 15 is 0 Å². The first kappa shape index (κ1) is 11.5. The summed E-state index contributed by atoms with van der Waals surface area (Å²) in [5, 5.41) is 0. The number of carbonyl (C=O) groups excluding carboxylic acids is 1. The first-order chi connectivity index (χ1) is 6.77. The zero-order valence-electron chi connectivity index (χ0n) is 9.42. The van der Waals surface area contributed by atoms with Gasteiger partial charge in [0.1, 0.15) is 0 Å². The molecule has 0 bridgehead atoms. The second-order valence-electron chi connectivity index (χ2n) is 4.35. The molecule has 1 aliphatic carbocycles. The lowest BCUT2D eigenvalue weighted by Gasteiger charge is -2.28. The van der Waals surface area contributed by atoms with E-state index in [0.717, 1.165) is 12.3 Å². The SMILES string of the molecule is CC[C@@H](CC(=O)OC)C1CCCCC1. The van der Waals surface area contributed by atoms with Gasteiger partial charge in [0, 0.05) is 6.42 Å². The molecule has 0 radical (unpaired) electrons. The van der Waals surface area contributed by atoms with E-state index < -0.39 is 0 Å². The normalized spacial score (nSPS) is 20.4. The van der Waals surface area contributed by atoms with E-state index in [2.05, 4.69) is 6.92 Å². The standard InChI is InChI=1S/C12H22O2/c1-3-10(9-12(13)14-2)11-7-5-4-6-8-11/h10-11H,3-9H2,1-2H3/t10-/m0/s1. The molecule has 1 fully saturated rings. The molecule has 0 heterocycles. The van der Waals surface area contributed by atoms with Gasteiger partial charge in [-0.15, -0.1) is 0 Å².